The third-order valence-electron chi connectivity index (χ3n) is 4.78. The molecule has 3 heterocycles. The van der Waals surface area contributed by atoms with E-state index in [9.17, 15) is 4.39 Å². The normalized spacial score (nSPS) is 15.2. The van der Waals surface area contributed by atoms with Crippen LogP contribution in [0.25, 0.3) is 22.2 Å². The summed E-state index contributed by atoms with van der Waals surface area (Å²) in [6.45, 7) is 3.17. The van der Waals surface area contributed by atoms with Crippen molar-refractivity contribution in [2.75, 3.05) is 26.2 Å². The van der Waals surface area contributed by atoms with Gasteiger partial charge in [-0.2, -0.15) is 0 Å². The van der Waals surface area contributed by atoms with Gasteiger partial charge in [-0.3, -0.25) is 9.98 Å². The first-order valence-corrected chi connectivity index (χ1v) is 8.78. The van der Waals surface area contributed by atoms with Gasteiger partial charge in [0.2, 0.25) is 0 Å². The first-order valence-electron chi connectivity index (χ1n) is 8.78. The lowest BCUT2D eigenvalue weighted by Gasteiger charge is -2.04. The van der Waals surface area contributed by atoms with E-state index in [2.05, 4.69) is 49.9 Å². The third kappa shape index (κ3) is 3.57. The number of hydrogen-bond acceptors (Lipinski definition) is 4. The molecule has 2 aromatic carbocycles. The van der Waals surface area contributed by atoms with Crippen LogP contribution < -0.4 is 10.6 Å². The summed E-state index contributed by atoms with van der Waals surface area (Å²) in [6.07, 6.45) is 0. The number of nitrogens with zero attached hydrogens (tertiary/aromatic N) is 2. The van der Waals surface area contributed by atoms with E-state index in [1.807, 2.05) is 12.1 Å². The zero-order valence-electron chi connectivity index (χ0n) is 15.0. The molecule has 0 spiro atoms. The maximum Gasteiger partial charge on any atom is 0.134 e. The molecule has 3 aromatic rings. The minimum atomic E-state index is -0.253. The number of H-pyrrole nitrogens is 1. The fraction of sp³-hybridized carbons (Fsp3) is 0.200. The van der Waals surface area contributed by atoms with Crippen LogP contribution in [0, 0.1) is 5.82 Å². The van der Waals surface area contributed by atoms with Crippen molar-refractivity contribution in [1.82, 2.24) is 15.6 Å². The zero-order chi connectivity index (χ0) is 17.5. The second-order valence-corrected chi connectivity index (χ2v) is 6.49. The van der Waals surface area contributed by atoms with E-state index in [4.69, 9.17) is 0 Å². The van der Waals surface area contributed by atoms with Crippen LogP contribution in [-0.2, 0) is 0 Å². The molecule has 2 aliphatic rings. The highest BCUT2D eigenvalue weighted by molar-refractivity contribution is 6.03. The lowest BCUT2D eigenvalue weighted by atomic mass is 10.1. The topological polar surface area (TPSA) is 64.6 Å². The van der Waals surface area contributed by atoms with Crippen molar-refractivity contribution in [3.63, 3.8) is 0 Å². The Morgan fingerprint density at radius 3 is 2.07 bits per heavy atom. The number of hydrogen-bond donors (Lipinski definition) is 3. The molecule has 0 fully saturated rings. The molecule has 0 bridgehead atoms. The van der Waals surface area contributed by atoms with Gasteiger partial charge in [0.25, 0.3) is 0 Å². The quantitative estimate of drug-likeness (QED) is 0.607. The van der Waals surface area contributed by atoms with E-state index >= 15 is 0 Å². The van der Waals surface area contributed by atoms with Gasteiger partial charge in [-0.25, -0.2) is 4.39 Å². The Labute approximate surface area is 174 Å². The van der Waals surface area contributed by atoms with Crippen molar-refractivity contribution in [3.8, 4) is 11.3 Å². The van der Waals surface area contributed by atoms with Gasteiger partial charge in [0.05, 0.1) is 18.7 Å². The van der Waals surface area contributed by atoms with Crippen LogP contribution in [0.3, 0.4) is 0 Å². The number of aromatic nitrogens is 1. The summed E-state index contributed by atoms with van der Waals surface area (Å²) in [5.74, 6) is 1.33. The number of benzene rings is 2. The highest BCUT2D eigenvalue weighted by Crippen LogP contribution is 2.27. The van der Waals surface area contributed by atoms with E-state index in [1.54, 1.807) is 6.07 Å². The number of aromatic amines is 1. The van der Waals surface area contributed by atoms with Gasteiger partial charge in [-0.15, -0.1) is 24.8 Å². The van der Waals surface area contributed by atoms with Crippen LogP contribution in [0.4, 0.5) is 4.39 Å². The Balaban J connectivity index is 0.00000112. The molecule has 8 heteroatoms. The van der Waals surface area contributed by atoms with Crippen LogP contribution in [0.5, 0.6) is 0 Å². The maximum atomic E-state index is 14.5. The minimum absolute atomic E-state index is 0. The Morgan fingerprint density at radius 2 is 1.43 bits per heavy atom. The monoisotopic (exact) mass is 419 g/mol. The number of halogens is 3. The van der Waals surface area contributed by atoms with Gasteiger partial charge in [-0.05, 0) is 23.8 Å². The first-order chi connectivity index (χ1) is 12.8. The zero-order valence-corrected chi connectivity index (χ0v) is 16.6. The van der Waals surface area contributed by atoms with E-state index < -0.39 is 0 Å². The Bertz CT molecular complexity index is 1060. The molecule has 1 aromatic heterocycles. The van der Waals surface area contributed by atoms with Crippen molar-refractivity contribution in [2.24, 2.45) is 9.98 Å². The fourth-order valence-corrected chi connectivity index (χ4v) is 3.47. The molecule has 0 saturated carbocycles. The van der Waals surface area contributed by atoms with Gasteiger partial charge in [0.1, 0.15) is 17.5 Å². The second-order valence-electron chi connectivity index (χ2n) is 6.49. The highest BCUT2D eigenvalue weighted by Gasteiger charge is 2.15. The first kappa shape index (κ1) is 20.2. The Hall–Kier alpha value is -2.57. The standard InChI is InChI=1S/C20H18FN5.2ClH/c21-16-9-14-10-17(26-18(14)11-15(16)20-24-7-8-25-20)12-1-3-13(4-2-12)19-22-5-6-23-19;;/h1-4,9-11,26H,5-8H2,(H,22,23)(H,24,25);2*1H. The largest absolute Gasteiger partial charge is 0.368 e. The number of amidine groups is 2. The summed E-state index contributed by atoms with van der Waals surface area (Å²) in [7, 11) is 0. The third-order valence-corrected chi connectivity index (χ3v) is 4.78. The molecule has 0 amide bonds. The Morgan fingerprint density at radius 1 is 0.786 bits per heavy atom. The summed E-state index contributed by atoms with van der Waals surface area (Å²) in [5.41, 5.74) is 4.52. The van der Waals surface area contributed by atoms with Gasteiger partial charge in [-0.1, -0.05) is 24.3 Å². The maximum absolute atomic E-state index is 14.5. The van der Waals surface area contributed by atoms with Crippen LogP contribution >= 0.6 is 24.8 Å². The van der Waals surface area contributed by atoms with E-state index in [-0.39, 0.29) is 30.6 Å². The molecule has 5 rings (SSSR count). The molecule has 0 radical (unpaired) electrons. The number of aliphatic imine (C=N–C) groups is 2. The summed E-state index contributed by atoms with van der Waals surface area (Å²) >= 11 is 0. The van der Waals surface area contributed by atoms with Gasteiger partial charge in [0.15, 0.2) is 0 Å². The SMILES string of the molecule is Cl.Cl.Fc1cc2cc(-c3ccc(C4=NCCN4)cc3)[nH]c2cc1C1=NCCN1. The molecule has 2 aliphatic heterocycles. The molecule has 0 aliphatic carbocycles. The smallest absolute Gasteiger partial charge is 0.134 e. The van der Waals surface area contributed by atoms with Crippen LogP contribution in [0.2, 0.25) is 0 Å². The summed E-state index contributed by atoms with van der Waals surface area (Å²) in [5, 5.41) is 7.26. The number of fused-ring (bicyclic) bond motifs is 1. The average molecular weight is 420 g/mol. The number of rotatable bonds is 3. The van der Waals surface area contributed by atoms with Crippen LogP contribution in [0.1, 0.15) is 11.1 Å². The van der Waals surface area contributed by atoms with E-state index in [1.165, 1.54) is 0 Å². The van der Waals surface area contributed by atoms with Crippen molar-refractivity contribution < 1.29 is 4.39 Å². The minimum Gasteiger partial charge on any atom is -0.368 e. The average Bonchev–Trinajstić information content (AvgIpc) is 3.41. The van der Waals surface area contributed by atoms with Crippen molar-refractivity contribution in [2.45, 2.75) is 0 Å². The lowest BCUT2D eigenvalue weighted by molar-refractivity contribution is 0.626. The molecular formula is C20H20Cl2FN5. The van der Waals surface area contributed by atoms with Gasteiger partial charge in [0, 0.05) is 35.2 Å². The van der Waals surface area contributed by atoms with Crippen molar-refractivity contribution in [3.05, 3.63) is 59.4 Å². The fourth-order valence-electron chi connectivity index (χ4n) is 3.47. The van der Waals surface area contributed by atoms with Gasteiger partial charge >= 0.3 is 0 Å². The van der Waals surface area contributed by atoms with Gasteiger partial charge < -0.3 is 15.6 Å². The van der Waals surface area contributed by atoms with E-state index in [0.29, 0.717) is 17.9 Å². The molecule has 0 atom stereocenters. The predicted octanol–water partition coefficient (Wildman–Crippen LogP) is 3.52. The summed E-state index contributed by atoms with van der Waals surface area (Å²) < 4.78 is 14.5. The van der Waals surface area contributed by atoms with Crippen LogP contribution in [-0.4, -0.2) is 42.8 Å². The van der Waals surface area contributed by atoms with Crippen molar-refractivity contribution in [1.29, 1.82) is 0 Å². The van der Waals surface area contributed by atoms with Crippen molar-refractivity contribution >= 4 is 47.4 Å². The molecule has 146 valence electrons. The summed E-state index contributed by atoms with van der Waals surface area (Å²) in [4.78, 5) is 12.2. The van der Waals surface area contributed by atoms with Crippen LogP contribution in [0.15, 0.2) is 52.4 Å². The molecule has 28 heavy (non-hydrogen) atoms. The summed E-state index contributed by atoms with van der Waals surface area (Å²) in [6, 6.07) is 13.6. The second kappa shape index (κ2) is 8.20. The lowest BCUT2D eigenvalue weighted by Crippen LogP contribution is -2.20. The molecule has 5 nitrogen and oxygen atoms in total. The Kier molecular flexibility index (Phi) is 5.91. The highest BCUT2D eigenvalue weighted by atomic mass is 35.5. The molecule has 3 N–H and O–H groups in total. The molecular weight excluding hydrogens is 400 g/mol. The number of nitrogens with one attached hydrogen (secondary N) is 3. The molecule has 0 unspecified atom stereocenters. The predicted molar refractivity (Wildman–Crippen MR) is 117 cm³/mol. The molecule has 0 saturated heterocycles. The van der Waals surface area contributed by atoms with E-state index in [0.717, 1.165) is 53.2 Å².